The maximum absolute atomic E-state index is 6.02. The van der Waals surface area contributed by atoms with Crippen LogP contribution < -0.4 is 9.80 Å². The van der Waals surface area contributed by atoms with Crippen molar-refractivity contribution in [1.29, 1.82) is 0 Å². The molecule has 0 radical (unpaired) electrons. The Balaban J connectivity index is 2.24. The molecule has 0 amide bonds. The van der Waals surface area contributed by atoms with Crippen molar-refractivity contribution in [3.8, 4) is 0 Å². The topological polar surface area (TPSA) is 54.4 Å². The number of hydrogen-bond acceptors (Lipinski definition) is 6. The molecule has 0 bridgehead atoms. The number of halogens is 1. The molecule has 1 aliphatic rings. The van der Waals surface area contributed by atoms with Gasteiger partial charge in [0, 0.05) is 32.8 Å². The molecule has 7 heteroatoms. The molecule has 1 saturated heterocycles. The van der Waals surface area contributed by atoms with E-state index in [-0.39, 0.29) is 5.28 Å². The van der Waals surface area contributed by atoms with Crippen LogP contribution in [0.4, 0.5) is 11.9 Å². The van der Waals surface area contributed by atoms with E-state index in [1.165, 1.54) is 0 Å². The normalized spacial score (nSPS) is 16.3. The van der Waals surface area contributed by atoms with E-state index in [9.17, 15) is 0 Å². The first-order chi connectivity index (χ1) is 9.24. The largest absolute Gasteiger partial charge is 0.380 e. The van der Waals surface area contributed by atoms with Gasteiger partial charge < -0.3 is 14.5 Å². The number of nitrogens with zero attached hydrogens (tertiary/aromatic N) is 5. The SMILES string of the molecule is CCN(CC)c1nc(Cl)nc(N2CCCOCC2)n1. The molecule has 2 heterocycles. The van der Waals surface area contributed by atoms with Gasteiger partial charge in [-0.2, -0.15) is 15.0 Å². The minimum absolute atomic E-state index is 0.247. The second-order valence-corrected chi connectivity index (χ2v) is 4.67. The number of aromatic nitrogens is 3. The summed E-state index contributed by atoms with van der Waals surface area (Å²) in [4.78, 5) is 17.1. The van der Waals surface area contributed by atoms with E-state index in [0.29, 0.717) is 18.5 Å². The lowest BCUT2D eigenvalue weighted by Crippen LogP contribution is -2.30. The highest BCUT2D eigenvalue weighted by Gasteiger charge is 2.16. The van der Waals surface area contributed by atoms with Gasteiger partial charge in [0.1, 0.15) is 0 Å². The van der Waals surface area contributed by atoms with Crippen LogP contribution in [0.3, 0.4) is 0 Å². The fourth-order valence-corrected chi connectivity index (χ4v) is 2.22. The molecule has 1 aromatic rings. The molecule has 0 N–H and O–H groups in total. The van der Waals surface area contributed by atoms with Crippen LogP contribution in [0.2, 0.25) is 5.28 Å². The Morgan fingerprint density at radius 2 is 1.95 bits per heavy atom. The van der Waals surface area contributed by atoms with Crippen molar-refractivity contribution >= 4 is 23.5 Å². The van der Waals surface area contributed by atoms with Crippen LogP contribution in [0.1, 0.15) is 20.3 Å². The molecular weight excluding hydrogens is 266 g/mol. The maximum Gasteiger partial charge on any atom is 0.231 e. The molecule has 0 atom stereocenters. The summed E-state index contributed by atoms with van der Waals surface area (Å²) in [6.07, 6.45) is 0.976. The summed E-state index contributed by atoms with van der Waals surface area (Å²) in [5.74, 6) is 1.29. The van der Waals surface area contributed by atoms with Gasteiger partial charge >= 0.3 is 0 Å². The molecule has 2 rings (SSSR count). The van der Waals surface area contributed by atoms with Crippen molar-refractivity contribution in [2.24, 2.45) is 0 Å². The van der Waals surface area contributed by atoms with Gasteiger partial charge in [0.15, 0.2) is 0 Å². The van der Waals surface area contributed by atoms with Crippen molar-refractivity contribution in [3.05, 3.63) is 5.28 Å². The van der Waals surface area contributed by atoms with Gasteiger partial charge in [-0.05, 0) is 31.9 Å². The van der Waals surface area contributed by atoms with E-state index in [1.54, 1.807) is 0 Å². The number of ether oxygens (including phenoxy) is 1. The van der Waals surface area contributed by atoms with Crippen molar-refractivity contribution in [2.75, 3.05) is 49.2 Å². The summed E-state index contributed by atoms with van der Waals surface area (Å²) in [6, 6.07) is 0. The Labute approximate surface area is 118 Å². The zero-order chi connectivity index (χ0) is 13.7. The Hall–Kier alpha value is -1.14. The van der Waals surface area contributed by atoms with Gasteiger partial charge in [-0.1, -0.05) is 0 Å². The van der Waals surface area contributed by atoms with Crippen LogP contribution in [0.15, 0.2) is 0 Å². The molecular formula is C12H20ClN5O. The third kappa shape index (κ3) is 3.67. The lowest BCUT2D eigenvalue weighted by Gasteiger charge is -2.23. The molecule has 106 valence electrons. The van der Waals surface area contributed by atoms with Crippen LogP contribution in [-0.4, -0.2) is 54.3 Å². The van der Waals surface area contributed by atoms with E-state index in [0.717, 1.165) is 39.2 Å². The molecule has 0 saturated carbocycles. The Morgan fingerprint density at radius 1 is 1.16 bits per heavy atom. The summed E-state index contributed by atoms with van der Waals surface area (Å²) >= 11 is 6.02. The zero-order valence-electron chi connectivity index (χ0n) is 11.5. The van der Waals surface area contributed by atoms with E-state index in [1.807, 2.05) is 0 Å². The highest BCUT2D eigenvalue weighted by molar-refractivity contribution is 6.28. The van der Waals surface area contributed by atoms with Crippen LogP contribution in [-0.2, 0) is 4.74 Å². The fourth-order valence-electron chi connectivity index (χ4n) is 2.06. The van der Waals surface area contributed by atoms with E-state index < -0.39 is 0 Å². The summed E-state index contributed by atoms with van der Waals surface area (Å²) in [5.41, 5.74) is 0. The Kier molecular flexibility index (Phi) is 5.15. The summed E-state index contributed by atoms with van der Waals surface area (Å²) in [7, 11) is 0. The minimum atomic E-state index is 0.247. The quantitative estimate of drug-likeness (QED) is 0.837. The molecule has 19 heavy (non-hydrogen) atoms. The monoisotopic (exact) mass is 285 g/mol. The molecule has 0 aliphatic carbocycles. The number of anilines is 2. The second kappa shape index (κ2) is 6.86. The van der Waals surface area contributed by atoms with Crippen LogP contribution in [0, 0.1) is 0 Å². The number of rotatable bonds is 4. The van der Waals surface area contributed by atoms with Gasteiger partial charge in [-0.15, -0.1) is 0 Å². The third-order valence-corrected chi connectivity index (χ3v) is 3.30. The third-order valence-electron chi connectivity index (χ3n) is 3.14. The van der Waals surface area contributed by atoms with Gasteiger partial charge in [0.2, 0.25) is 17.2 Å². The van der Waals surface area contributed by atoms with E-state index in [2.05, 4.69) is 38.6 Å². The van der Waals surface area contributed by atoms with Crippen molar-refractivity contribution in [3.63, 3.8) is 0 Å². The zero-order valence-corrected chi connectivity index (χ0v) is 12.2. The molecule has 1 aromatic heterocycles. The van der Waals surface area contributed by atoms with Crippen molar-refractivity contribution < 1.29 is 4.74 Å². The van der Waals surface area contributed by atoms with Crippen molar-refractivity contribution in [2.45, 2.75) is 20.3 Å². The highest BCUT2D eigenvalue weighted by Crippen LogP contribution is 2.17. The van der Waals surface area contributed by atoms with E-state index >= 15 is 0 Å². The first kappa shape index (κ1) is 14.3. The highest BCUT2D eigenvalue weighted by atomic mass is 35.5. The fraction of sp³-hybridized carbons (Fsp3) is 0.750. The van der Waals surface area contributed by atoms with Crippen molar-refractivity contribution in [1.82, 2.24) is 15.0 Å². The molecule has 0 aromatic carbocycles. The summed E-state index contributed by atoms with van der Waals surface area (Å²) < 4.78 is 5.44. The Bertz CT molecular complexity index is 405. The van der Waals surface area contributed by atoms with Crippen LogP contribution in [0.25, 0.3) is 0 Å². The van der Waals surface area contributed by atoms with Gasteiger partial charge in [-0.25, -0.2) is 0 Å². The molecule has 1 fully saturated rings. The average Bonchev–Trinajstić information content (AvgIpc) is 2.68. The number of hydrogen-bond donors (Lipinski definition) is 0. The molecule has 6 nitrogen and oxygen atoms in total. The van der Waals surface area contributed by atoms with Crippen LogP contribution >= 0.6 is 11.6 Å². The predicted molar refractivity (Wildman–Crippen MR) is 76.0 cm³/mol. The van der Waals surface area contributed by atoms with Gasteiger partial charge in [-0.3, -0.25) is 0 Å². The standard InChI is InChI=1S/C12H20ClN5O/c1-3-17(4-2)11-14-10(13)15-12(16-11)18-6-5-8-19-9-7-18/h3-9H2,1-2H3. The predicted octanol–water partition coefficient (Wildman–Crippen LogP) is 1.60. The van der Waals surface area contributed by atoms with Crippen LogP contribution in [0.5, 0.6) is 0 Å². The first-order valence-corrected chi connectivity index (χ1v) is 7.11. The lowest BCUT2D eigenvalue weighted by molar-refractivity contribution is 0.152. The molecule has 0 spiro atoms. The van der Waals surface area contributed by atoms with E-state index in [4.69, 9.17) is 16.3 Å². The minimum Gasteiger partial charge on any atom is -0.380 e. The van der Waals surface area contributed by atoms with Gasteiger partial charge in [0.25, 0.3) is 0 Å². The molecule has 1 aliphatic heterocycles. The second-order valence-electron chi connectivity index (χ2n) is 4.33. The summed E-state index contributed by atoms with van der Waals surface area (Å²) in [5, 5.41) is 0.247. The smallest absolute Gasteiger partial charge is 0.231 e. The van der Waals surface area contributed by atoms with Gasteiger partial charge in [0.05, 0.1) is 6.61 Å². The summed E-state index contributed by atoms with van der Waals surface area (Å²) in [6.45, 7) is 9.00. The first-order valence-electron chi connectivity index (χ1n) is 6.73. The Morgan fingerprint density at radius 3 is 2.68 bits per heavy atom. The average molecular weight is 286 g/mol. The maximum atomic E-state index is 6.02. The molecule has 0 unspecified atom stereocenters. The lowest BCUT2D eigenvalue weighted by atomic mass is 10.4.